The van der Waals surface area contributed by atoms with Gasteiger partial charge in [0.05, 0.1) is 24.9 Å². The number of ether oxygens (including phenoxy) is 2. The number of nitrogens with zero attached hydrogens (tertiary/aromatic N) is 1. The van der Waals surface area contributed by atoms with Crippen molar-refractivity contribution in [3.63, 3.8) is 0 Å². The molecule has 0 radical (unpaired) electrons. The van der Waals surface area contributed by atoms with Crippen LogP contribution in [0.25, 0.3) is 0 Å². The molecule has 0 spiro atoms. The topological polar surface area (TPSA) is 109 Å². The zero-order valence-corrected chi connectivity index (χ0v) is 18.8. The highest BCUT2D eigenvalue weighted by molar-refractivity contribution is 9.10. The summed E-state index contributed by atoms with van der Waals surface area (Å²) in [7, 11) is 2.99. The number of nitrogens with one attached hydrogen (secondary N) is 2. The molecule has 0 heterocycles. The molecule has 0 aliphatic heterocycles. The summed E-state index contributed by atoms with van der Waals surface area (Å²) in [6.45, 7) is 0. The molecule has 9 heteroatoms. The average molecular weight is 498 g/mol. The maximum absolute atomic E-state index is 12.3. The molecule has 3 aromatic rings. The molecule has 0 unspecified atom stereocenters. The van der Waals surface area contributed by atoms with Gasteiger partial charge in [0.1, 0.15) is 5.75 Å². The number of hydrazone groups is 1. The molecular weight excluding hydrogens is 478 g/mol. The summed E-state index contributed by atoms with van der Waals surface area (Å²) in [6.07, 6.45) is 1.42. The van der Waals surface area contributed by atoms with Gasteiger partial charge in [0.25, 0.3) is 11.8 Å². The number of anilines is 1. The third-order valence-corrected chi connectivity index (χ3v) is 5.01. The van der Waals surface area contributed by atoms with Crippen LogP contribution in [0, 0.1) is 0 Å². The SMILES string of the molecule is COc1ccc(C(=O)Nc2ccc(C(=O)N/N=C/c3cc(Br)c(O)c(OC)c3)cc2)cc1. The van der Waals surface area contributed by atoms with Crippen LogP contribution in [-0.2, 0) is 0 Å². The minimum absolute atomic E-state index is 0.0205. The fourth-order valence-corrected chi connectivity index (χ4v) is 3.16. The second-order valence-corrected chi connectivity index (χ2v) is 7.37. The molecule has 0 saturated carbocycles. The summed E-state index contributed by atoms with van der Waals surface area (Å²) >= 11 is 3.23. The lowest BCUT2D eigenvalue weighted by atomic mass is 10.1. The van der Waals surface area contributed by atoms with E-state index in [2.05, 4.69) is 31.8 Å². The fourth-order valence-electron chi connectivity index (χ4n) is 2.70. The summed E-state index contributed by atoms with van der Waals surface area (Å²) in [5, 5.41) is 16.5. The molecule has 3 aromatic carbocycles. The molecule has 0 aliphatic rings. The van der Waals surface area contributed by atoms with Crippen LogP contribution in [0.1, 0.15) is 26.3 Å². The Bertz CT molecular complexity index is 1150. The van der Waals surface area contributed by atoms with Gasteiger partial charge in [0, 0.05) is 16.8 Å². The molecule has 0 bridgehead atoms. The highest BCUT2D eigenvalue weighted by atomic mass is 79.9. The number of halogens is 1. The van der Waals surface area contributed by atoms with Gasteiger partial charge in [-0.15, -0.1) is 0 Å². The second kappa shape index (κ2) is 10.5. The van der Waals surface area contributed by atoms with E-state index in [-0.39, 0.29) is 17.4 Å². The first-order valence-electron chi connectivity index (χ1n) is 9.36. The first kappa shape index (κ1) is 22.8. The number of hydrogen-bond donors (Lipinski definition) is 3. The Morgan fingerprint density at radius 1 is 0.938 bits per heavy atom. The maximum Gasteiger partial charge on any atom is 0.271 e. The van der Waals surface area contributed by atoms with E-state index in [9.17, 15) is 14.7 Å². The molecule has 32 heavy (non-hydrogen) atoms. The molecule has 3 N–H and O–H groups in total. The Morgan fingerprint density at radius 3 is 2.19 bits per heavy atom. The van der Waals surface area contributed by atoms with Gasteiger partial charge in [0.15, 0.2) is 11.5 Å². The van der Waals surface area contributed by atoms with Crippen LogP contribution in [0.5, 0.6) is 17.2 Å². The number of aromatic hydroxyl groups is 1. The number of carbonyl (C=O) groups excluding carboxylic acids is 2. The van der Waals surface area contributed by atoms with E-state index in [4.69, 9.17) is 9.47 Å². The molecule has 0 atom stereocenters. The lowest BCUT2D eigenvalue weighted by molar-refractivity contribution is 0.0954. The van der Waals surface area contributed by atoms with Gasteiger partial charge in [-0.05, 0) is 82.2 Å². The zero-order valence-electron chi connectivity index (χ0n) is 17.3. The Labute approximate surface area is 193 Å². The van der Waals surface area contributed by atoms with Crippen molar-refractivity contribution in [3.8, 4) is 17.2 Å². The lowest BCUT2D eigenvalue weighted by Crippen LogP contribution is -2.18. The van der Waals surface area contributed by atoms with Gasteiger partial charge in [-0.1, -0.05) is 0 Å². The summed E-state index contributed by atoms with van der Waals surface area (Å²) in [6, 6.07) is 16.4. The van der Waals surface area contributed by atoms with Crippen molar-refractivity contribution in [2.75, 3.05) is 19.5 Å². The summed E-state index contributed by atoms with van der Waals surface area (Å²) in [4.78, 5) is 24.6. The van der Waals surface area contributed by atoms with Crippen LogP contribution in [0.2, 0.25) is 0 Å². The highest BCUT2D eigenvalue weighted by Gasteiger charge is 2.09. The van der Waals surface area contributed by atoms with Crippen molar-refractivity contribution in [1.82, 2.24) is 5.43 Å². The van der Waals surface area contributed by atoms with Crippen molar-refractivity contribution < 1.29 is 24.2 Å². The normalized spacial score (nSPS) is 10.6. The number of hydrogen-bond acceptors (Lipinski definition) is 6. The smallest absolute Gasteiger partial charge is 0.271 e. The third-order valence-electron chi connectivity index (χ3n) is 4.41. The largest absolute Gasteiger partial charge is 0.503 e. The standard InChI is InChI=1S/C23H20BrN3O5/c1-31-18-9-5-15(6-10-18)22(29)26-17-7-3-16(4-8-17)23(30)27-25-13-14-11-19(24)21(28)20(12-14)32-2/h3-13,28H,1-2H3,(H,26,29)(H,27,30)/b25-13+. The minimum atomic E-state index is -0.418. The van der Waals surface area contributed by atoms with E-state index in [0.717, 1.165) is 0 Å². The van der Waals surface area contributed by atoms with Crippen LogP contribution in [0.15, 0.2) is 70.2 Å². The van der Waals surface area contributed by atoms with Crippen LogP contribution in [0.3, 0.4) is 0 Å². The lowest BCUT2D eigenvalue weighted by Gasteiger charge is -2.07. The molecule has 2 amide bonds. The fraction of sp³-hybridized carbons (Fsp3) is 0.0870. The zero-order chi connectivity index (χ0) is 23.1. The quantitative estimate of drug-likeness (QED) is 0.335. The Morgan fingerprint density at radius 2 is 1.56 bits per heavy atom. The van der Waals surface area contributed by atoms with E-state index in [0.29, 0.717) is 32.6 Å². The Hall–Kier alpha value is -3.85. The first-order valence-corrected chi connectivity index (χ1v) is 10.2. The van der Waals surface area contributed by atoms with Gasteiger partial charge in [-0.25, -0.2) is 5.43 Å². The van der Waals surface area contributed by atoms with Crippen molar-refractivity contribution in [3.05, 3.63) is 81.8 Å². The first-order chi connectivity index (χ1) is 15.4. The van der Waals surface area contributed by atoms with Gasteiger partial charge >= 0.3 is 0 Å². The van der Waals surface area contributed by atoms with Crippen molar-refractivity contribution in [2.24, 2.45) is 5.10 Å². The Balaban J connectivity index is 1.59. The second-order valence-electron chi connectivity index (χ2n) is 6.51. The highest BCUT2D eigenvalue weighted by Crippen LogP contribution is 2.34. The van der Waals surface area contributed by atoms with Gasteiger partial charge in [0.2, 0.25) is 0 Å². The summed E-state index contributed by atoms with van der Waals surface area (Å²) < 4.78 is 10.6. The number of phenols is 1. The van der Waals surface area contributed by atoms with E-state index in [1.165, 1.54) is 13.3 Å². The number of phenolic OH excluding ortho intramolecular Hbond substituents is 1. The predicted octanol–water partition coefficient (Wildman–Crippen LogP) is 4.19. The van der Waals surface area contributed by atoms with E-state index >= 15 is 0 Å². The minimum Gasteiger partial charge on any atom is -0.503 e. The number of carbonyl (C=O) groups is 2. The van der Waals surface area contributed by atoms with Crippen molar-refractivity contribution >= 4 is 39.6 Å². The van der Waals surface area contributed by atoms with Crippen LogP contribution < -0.4 is 20.2 Å². The predicted molar refractivity (Wildman–Crippen MR) is 125 cm³/mol. The third kappa shape index (κ3) is 5.64. The molecule has 164 valence electrons. The van der Waals surface area contributed by atoms with Crippen LogP contribution >= 0.6 is 15.9 Å². The van der Waals surface area contributed by atoms with Crippen LogP contribution in [0.4, 0.5) is 5.69 Å². The summed E-state index contributed by atoms with van der Waals surface area (Å²) in [5.74, 6) is 0.230. The monoisotopic (exact) mass is 497 g/mol. The van der Waals surface area contributed by atoms with Crippen molar-refractivity contribution in [2.45, 2.75) is 0 Å². The number of methoxy groups -OCH3 is 2. The number of rotatable bonds is 7. The van der Waals surface area contributed by atoms with E-state index in [1.54, 1.807) is 67.8 Å². The number of amides is 2. The molecule has 8 nitrogen and oxygen atoms in total. The van der Waals surface area contributed by atoms with Crippen molar-refractivity contribution in [1.29, 1.82) is 0 Å². The maximum atomic E-state index is 12.3. The van der Waals surface area contributed by atoms with Gasteiger partial charge < -0.3 is 19.9 Å². The molecule has 0 aromatic heterocycles. The molecule has 0 saturated heterocycles. The molecule has 0 fully saturated rings. The molecule has 0 aliphatic carbocycles. The van der Waals surface area contributed by atoms with E-state index < -0.39 is 5.91 Å². The van der Waals surface area contributed by atoms with Gasteiger partial charge in [-0.2, -0.15) is 5.10 Å². The van der Waals surface area contributed by atoms with Gasteiger partial charge in [-0.3, -0.25) is 9.59 Å². The number of benzene rings is 3. The van der Waals surface area contributed by atoms with Crippen LogP contribution in [-0.4, -0.2) is 37.4 Å². The summed E-state index contributed by atoms with van der Waals surface area (Å²) in [5.41, 5.74) is 4.45. The molecular formula is C23H20BrN3O5. The van der Waals surface area contributed by atoms with E-state index in [1.807, 2.05) is 0 Å². The molecule has 3 rings (SSSR count). The Kier molecular flexibility index (Phi) is 7.45. The average Bonchev–Trinajstić information content (AvgIpc) is 2.81.